The van der Waals surface area contributed by atoms with Gasteiger partial charge in [-0.1, -0.05) is 12.1 Å². The van der Waals surface area contributed by atoms with Crippen LogP contribution in [-0.2, 0) is 4.79 Å². The van der Waals surface area contributed by atoms with Crippen molar-refractivity contribution >= 4 is 11.8 Å². The van der Waals surface area contributed by atoms with Crippen LogP contribution in [0.2, 0.25) is 0 Å². The predicted octanol–water partition coefficient (Wildman–Crippen LogP) is 5.54. The first-order valence-electron chi connectivity index (χ1n) is 10.2. The average molecular weight is 413 g/mol. The molecule has 2 N–H and O–H groups in total. The summed E-state index contributed by atoms with van der Waals surface area (Å²) in [6.07, 6.45) is 0.506. The fourth-order valence-electron chi connectivity index (χ4n) is 3.29. The molecule has 0 saturated carbocycles. The number of hydrogen-bond donors (Lipinski definition) is 2. The molecule has 0 aliphatic rings. The number of ether oxygens (including phenoxy) is 1. The maximum Gasteiger partial charge on any atom is 0.309 e. The average Bonchev–Trinajstić information content (AvgIpc) is 2.66. The van der Waals surface area contributed by atoms with Crippen LogP contribution in [0.1, 0.15) is 65.7 Å². The molecule has 162 valence electrons. The van der Waals surface area contributed by atoms with Gasteiger partial charge in [0.25, 0.3) is 0 Å². The number of phenols is 1. The van der Waals surface area contributed by atoms with E-state index < -0.39 is 17.5 Å². The number of aromatic hydroxyl groups is 1. The third kappa shape index (κ3) is 5.85. The summed E-state index contributed by atoms with van der Waals surface area (Å²) >= 11 is 0. The Bertz CT molecular complexity index is 920. The van der Waals surface area contributed by atoms with Crippen LogP contribution >= 0.6 is 0 Å². The van der Waals surface area contributed by atoms with E-state index in [1.165, 1.54) is 0 Å². The zero-order valence-electron chi connectivity index (χ0n) is 18.7. The van der Waals surface area contributed by atoms with Gasteiger partial charge < -0.3 is 14.9 Å². The molecular formula is C25H32O5. The molecule has 0 amide bonds. The van der Waals surface area contributed by atoms with Gasteiger partial charge in [-0.25, -0.2) is 0 Å². The molecule has 1 unspecified atom stereocenters. The molecule has 5 nitrogen and oxygen atoms in total. The SMILES string of the molecule is Cc1ccc(C)c(OC(CCC(C)(C)C(=O)O)CC(=O)c2cc(C)c(O)c(C)c2)c1. The molecule has 30 heavy (non-hydrogen) atoms. The van der Waals surface area contributed by atoms with E-state index in [-0.39, 0.29) is 18.0 Å². The van der Waals surface area contributed by atoms with Crippen molar-refractivity contribution in [3.63, 3.8) is 0 Å². The van der Waals surface area contributed by atoms with E-state index in [4.69, 9.17) is 4.74 Å². The number of rotatable bonds is 9. The fourth-order valence-corrected chi connectivity index (χ4v) is 3.29. The van der Waals surface area contributed by atoms with Gasteiger partial charge in [0.2, 0.25) is 0 Å². The number of benzene rings is 2. The second-order valence-electron chi connectivity index (χ2n) is 8.82. The van der Waals surface area contributed by atoms with Crippen LogP contribution in [0.4, 0.5) is 0 Å². The molecule has 0 saturated heterocycles. The Kier molecular flexibility index (Phi) is 7.30. The first kappa shape index (κ1) is 23.5. The Morgan fingerprint density at radius 3 is 2.17 bits per heavy atom. The van der Waals surface area contributed by atoms with E-state index >= 15 is 0 Å². The van der Waals surface area contributed by atoms with E-state index in [0.29, 0.717) is 35.3 Å². The molecule has 0 spiro atoms. The second-order valence-corrected chi connectivity index (χ2v) is 8.82. The van der Waals surface area contributed by atoms with Crippen molar-refractivity contribution in [1.82, 2.24) is 0 Å². The number of ketones is 1. The highest BCUT2D eigenvalue weighted by Crippen LogP contribution is 2.29. The summed E-state index contributed by atoms with van der Waals surface area (Å²) in [5.74, 6) is -0.0642. The third-order valence-electron chi connectivity index (χ3n) is 5.53. The van der Waals surface area contributed by atoms with E-state index in [0.717, 1.165) is 11.1 Å². The summed E-state index contributed by atoms with van der Waals surface area (Å²) in [5, 5.41) is 19.4. The molecule has 2 rings (SSSR count). The Morgan fingerprint density at radius 2 is 1.60 bits per heavy atom. The van der Waals surface area contributed by atoms with Crippen molar-refractivity contribution in [1.29, 1.82) is 0 Å². The van der Waals surface area contributed by atoms with Gasteiger partial charge in [0.05, 0.1) is 5.41 Å². The van der Waals surface area contributed by atoms with Gasteiger partial charge >= 0.3 is 5.97 Å². The minimum atomic E-state index is -0.905. The number of carbonyl (C=O) groups is 2. The Morgan fingerprint density at radius 1 is 1.00 bits per heavy atom. The second kappa shape index (κ2) is 9.33. The van der Waals surface area contributed by atoms with E-state index in [2.05, 4.69) is 0 Å². The smallest absolute Gasteiger partial charge is 0.309 e. The highest BCUT2D eigenvalue weighted by Gasteiger charge is 2.29. The monoisotopic (exact) mass is 412 g/mol. The van der Waals surface area contributed by atoms with E-state index in [9.17, 15) is 19.8 Å². The minimum absolute atomic E-state index is 0.0929. The van der Waals surface area contributed by atoms with Crippen LogP contribution in [0.5, 0.6) is 11.5 Å². The Balaban J connectivity index is 2.27. The first-order valence-corrected chi connectivity index (χ1v) is 10.2. The maximum absolute atomic E-state index is 13.0. The number of Topliss-reactive ketones (excluding diaryl/α,β-unsaturated/α-hetero) is 1. The van der Waals surface area contributed by atoms with Crippen LogP contribution in [0.25, 0.3) is 0 Å². The number of carbonyl (C=O) groups excluding carboxylic acids is 1. The summed E-state index contributed by atoms with van der Waals surface area (Å²) in [4.78, 5) is 24.5. The summed E-state index contributed by atoms with van der Waals surface area (Å²) in [5.41, 5.74) is 2.94. The number of carboxylic acid groups (broad SMARTS) is 1. The lowest BCUT2D eigenvalue weighted by Crippen LogP contribution is -2.28. The number of aliphatic carboxylic acids is 1. The third-order valence-corrected chi connectivity index (χ3v) is 5.53. The summed E-state index contributed by atoms with van der Waals surface area (Å²) < 4.78 is 6.21. The molecule has 0 bridgehead atoms. The van der Waals surface area contributed by atoms with E-state index in [1.54, 1.807) is 39.8 Å². The van der Waals surface area contributed by atoms with Gasteiger partial charge in [-0.2, -0.15) is 0 Å². The molecule has 5 heteroatoms. The van der Waals surface area contributed by atoms with Crippen molar-refractivity contribution < 1.29 is 24.5 Å². The zero-order chi connectivity index (χ0) is 22.6. The molecule has 2 aromatic rings. The Labute approximate surface area is 178 Å². The van der Waals surface area contributed by atoms with Gasteiger partial charge in [-0.3, -0.25) is 9.59 Å². The normalized spacial score (nSPS) is 12.5. The molecule has 0 aliphatic heterocycles. The van der Waals surface area contributed by atoms with Crippen LogP contribution < -0.4 is 4.74 Å². The number of aryl methyl sites for hydroxylation is 4. The van der Waals surface area contributed by atoms with Crippen LogP contribution in [-0.4, -0.2) is 28.1 Å². The summed E-state index contributed by atoms with van der Waals surface area (Å²) in [6.45, 7) is 10.8. The topological polar surface area (TPSA) is 83.8 Å². The lowest BCUT2D eigenvalue weighted by molar-refractivity contribution is -0.147. The number of carboxylic acids is 1. The summed E-state index contributed by atoms with van der Waals surface area (Å²) in [7, 11) is 0. The lowest BCUT2D eigenvalue weighted by Gasteiger charge is -2.25. The standard InChI is InChI=1S/C25H32O5/c1-15-7-8-16(2)22(11-15)30-20(9-10-25(5,6)24(28)29)14-21(26)19-12-17(3)23(27)18(4)13-19/h7-8,11-13,20,27H,9-10,14H2,1-6H3,(H,28,29). The van der Waals surface area contributed by atoms with Crippen molar-refractivity contribution in [3.8, 4) is 11.5 Å². The van der Waals surface area contributed by atoms with Crippen LogP contribution in [0, 0.1) is 33.1 Å². The Hall–Kier alpha value is -2.82. The van der Waals surface area contributed by atoms with Gasteiger partial charge in [-0.15, -0.1) is 0 Å². The highest BCUT2D eigenvalue weighted by molar-refractivity contribution is 5.97. The molecule has 1 atom stereocenters. The van der Waals surface area contributed by atoms with Gasteiger partial charge in [0.15, 0.2) is 5.78 Å². The van der Waals surface area contributed by atoms with Crippen molar-refractivity contribution in [2.24, 2.45) is 5.41 Å². The number of phenolic OH excluding ortho intramolecular Hbond substituents is 1. The number of hydrogen-bond acceptors (Lipinski definition) is 4. The molecule has 0 radical (unpaired) electrons. The molecule has 0 heterocycles. The first-order chi connectivity index (χ1) is 13.9. The zero-order valence-corrected chi connectivity index (χ0v) is 18.7. The highest BCUT2D eigenvalue weighted by atomic mass is 16.5. The van der Waals surface area contributed by atoms with Crippen molar-refractivity contribution in [3.05, 3.63) is 58.1 Å². The van der Waals surface area contributed by atoms with Gasteiger partial charge in [0, 0.05) is 12.0 Å². The minimum Gasteiger partial charge on any atom is -0.507 e. The van der Waals surface area contributed by atoms with Gasteiger partial charge in [0.1, 0.15) is 17.6 Å². The van der Waals surface area contributed by atoms with Gasteiger partial charge in [-0.05, 0) is 94.8 Å². The molecule has 0 aliphatic carbocycles. The summed E-state index contributed by atoms with van der Waals surface area (Å²) in [6, 6.07) is 9.26. The predicted molar refractivity (Wildman–Crippen MR) is 118 cm³/mol. The van der Waals surface area contributed by atoms with Crippen LogP contribution in [0.3, 0.4) is 0 Å². The molecular weight excluding hydrogens is 380 g/mol. The fraction of sp³-hybridized carbons (Fsp3) is 0.440. The quantitative estimate of drug-likeness (QED) is 0.529. The largest absolute Gasteiger partial charge is 0.507 e. The molecule has 0 fully saturated rings. The maximum atomic E-state index is 13.0. The van der Waals surface area contributed by atoms with Crippen molar-refractivity contribution in [2.45, 2.75) is 66.9 Å². The van der Waals surface area contributed by atoms with Crippen LogP contribution in [0.15, 0.2) is 30.3 Å². The lowest BCUT2D eigenvalue weighted by atomic mass is 9.86. The molecule has 0 aromatic heterocycles. The van der Waals surface area contributed by atoms with Crippen molar-refractivity contribution in [2.75, 3.05) is 0 Å². The van der Waals surface area contributed by atoms with E-state index in [1.807, 2.05) is 32.0 Å². The molecule has 2 aromatic carbocycles.